The quantitative estimate of drug-likeness (QED) is 0.771. The van der Waals surface area contributed by atoms with Crippen molar-refractivity contribution in [1.82, 2.24) is 10.2 Å². The minimum absolute atomic E-state index is 0.106. The average Bonchev–Trinajstić information content (AvgIpc) is 2.33. The van der Waals surface area contributed by atoms with Crippen LogP contribution in [0.15, 0.2) is 0 Å². The normalized spacial score (nSPS) is 32.8. The van der Waals surface area contributed by atoms with Crippen molar-refractivity contribution in [3.05, 3.63) is 0 Å². The molecule has 0 spiro atoms. The predicted octanol–water partition coefficient (Wildman–Crippen LogP) is 0.928. The number of hydrogen-bond donors (Lipinski definition) is 2. The maximum Gasteiger partial charge on any atom is 0.0693 e. The molecule has 2 N–H and O–H groups in total. The molecule has 1 heterocycles. The molecule has 0 aromatic rings. The third kappa shape index (κ3) is 3.91. The zero-order chi connectivity index (χ0) is 11.2. The lowest BCUT2D eigenvalue weighted by Gasteiger charge is -2.31. The Morgan fingerprint density at radius 3 is 2.69 bits per heavy atom. The molecular weight excluding hydrogens is 220 g/mol. The van der Waals surface area contributed by atoms with Crippen molar-refractivity contribution in [1.29, 1.82) is 0 Å². The summed E-state index contributed by atoms with van der Waals surface area (Å²) in [5.41, 5.74) is 0. The molecule has 2 aliphatic rings. The highest BCUT2D eigenvalue weighted by Gasteiger charge is 2.22. The van der Waals surface area contributed by atoms with Crippen LogP contribution in [0.25, 0.3) is 0 Å². The second-order valence-electron chi connectivity index (χ2n) is 4.87. The lowest BCUT2D eigenvalue weighted by atomic mass is 9.93. The largest absolute Gasteiger partial charge is 0.392 e. The second-order valence-corrected chi connectivity index (χ2v) is 6.09. The summed E-state index contributed by atoms with van der Waals surface area (Å²) in [6.07, 6.45) is 4.50. The molecule has 0 unspecified atom stereocenters. The van der Waals surface area contributed by atoms with E-state index in [9.17, 15) is 5.11 Å². The van der Waals surface area contributed by atoms with Crippen molar-refractivity contribution in [3.63, 3.8) is 0 Å². The van der Waals surface area contributed by atoms with Gasteiger partial charge in [0.15, 0.2) is 0 Å². The fourth-order valence-corrected chi connectivity index (χ4v) is 3.56. The van der Waals surface area contributed by atoms with Gasteiger partial charge in [0.1, 0.15) is 0 Å². The first-order chi connectivity index (χ1) is 7.86. The summed E-state index contributed by atoms with van der Waals surface area (Å²) in [5.74, 6) is 2.57. The standard InChI is InChI=1S/C12H24N2OS/c15-12-4-2-1-3-11(12)13-5-6-14-7-9-16-10-8-14/h11-13,15H,1-10H2/t11-,12-/m1/s1. The predicted molar refractivity (Wildman–Crippen MR) is 70.0 cm³/mol. The van der Waals surface area contributed by atoms with Crippen molar-refractivity contribution in [3.8, 4) is 0 Å². The van der Waals surface area contributed by atoms with E-state index in [-0.39, 0.29) is 6.10 Å². The number of hydrogen-bond acceptors (Lipinski definition) is 4. The summed E-state index contributed by atoms with van der Waals surface area (Å²) >= 11 is 2.06. The third-order valence-electron chi connectivity index (χ3n) is 3.67. The highest BCUT2D eigenvalue weighted by molar-refractivity contribution is 7.99. The molecule has 0 aromatic carbocycles. The van der Waals surface area contributed by atoms with E-state index in [4.69, 9.17) is 0 Å². The van der Waals surface area contributed by atoms with E-state index in [0.29, 0.717) is 6.04 Å². The topological polar surface area (TPSA) is 35.5 Å². The van der Waals surface area contributed by atoms with Crippen molar-refractivity contribution in [2.45, 2.75) is 37.8 Å². The first-order valence-electron chi connectivity index (χ1n) is 6.58. The lowest BCUT2D eigenvalue weighted by Crippen LogP contribution is -2.46. The fraction of sp³-hybridized carbons (Fsp3) is 1.00. The Labute approximate surface area is 103 Å². The molecular formula is C12H24N2OS. The highest BCUT2D eigenvalue weighted by atomic mass is 32.2. The molecule has 1 saturated heterocycles. The van der Waals surface area contributed by atoms with Gasteiger partial charge in [-0.3, -0.25) is 0 Å². The summed E-state index contributed by atoms with van der Waals surface area (Å²) in [4.78, 5) is 2.53. The molecule has 4 heteroatoms. The summed E-state index contributed by atoms with van der Waals surface area (Å²) in [5, 5.41) is 13.3. The van der Waals surface area contributed by atoms with Crippen LogP contribution in [0.3, 0.4) is 0 Å². The zero-order valence-electron chi connectivity index (χ0n) is 10.0. The van der Waals surface area contributed by atoms with E-state index in [1.54, 1.807) is 0 Å². The van der Waals surface area contributed by atoms with Gasteiger partial charge < -0.3 is 15.3 Å². The number of aliphatic hydroxyl groups is 1. The van der Waals surface area contributed by atoms with Gasteiger partial charge in [-0.1, -0.05) is 12.8 Å². The molecule has 1 aliphatic carbocycles. The van der Waals surface area contributed by atoms with Crippen LogP contribution in [0.4, 0.5) is 0 Å². The van der Waals surface area contributed by atoms with E-state index in [1.165, 1.54) is 37.4 Å². The van der Waals surface area contributed by atoms with E-state index >= 15 is 0 Å². The Kier molecular flexibility index (Phi) is 5.42. The maximum absolute atomic E-state index is 9.83. The van der Waals surface area contributed by atoms with Crippen molar-refractivity contribution >= 4 is 11.8 Å². The van der Waals surface area contributed by atoms with E-state index in [2.05, 4.69) is 22.0 Å². The first-order valence-corrected chi connectivity index (χ1v) is 7.73. The van der Waals surface area contributed by atoms with Crippen molar-refractivity contribution in [2.75, 3.05) is 37.7 Å². The number of thioether (sulfide) groups is 1. The number of nitrogens with one attached hydrogen (secondary N) is 1. The van der Waals surface area contributed by atoms with Gasteiger partial charge in [-0.05, 0) is 12.8 Å². The van der Waals surface area contributed by atoms with Gasteiger partial charge in [0, 0.05) is 43.7 Å². The van der Waals surface area contributed by atoms with Gasteiger partial charge in [-0.25, -0.2) is 0 Å². The minimum Gasteiger partial charge on any atom is -0.392 e. The van der Waals surface area contributed by atoms with Gasteiger partial charge in [0.2, 0.25) is 0 Å². The Balaban J connectivity index is 1.59. The minimum atomic E-state index is -0.106. The Morgan fingerprint density at radius 1 is 1.19 bits per heavy atom. The first kappa shape index (κ1) is 12.7. The van der Waals surface area contributed by atoms with E-state index < -0.39 is 0 Å². The molecule has 3 nitrogen and oxygen atoms in total. The van der Waals surface area contributed by atoms with Crippen LogP contribution in [0.5, 0.6) is 0 Å². The van der Waals surface area contributed by atoms with Gasteiger partial charge >= 0.3 is 0 Å². The molecule has 2 rings (SSSR count). The van der Waals surface area contributed by atoms with Crippen LogP contribution in [-0.2, 0) is 0 Å². The Hall–Kier alpha value is 0.230. The van der Waals surface area contributed by atoms with Crippen LogP contribution in [0.2, 0.25) is 0 Å². The van der Waals surface area contributed by atoms with E-state index in [0.717, 1.165) is 25.9 Å². The fourth-order valence-electron chi connectivity index (χ4n) is 2.58. The summed E-state index contributed by atoms with van der Waals surface area (Å²) in [6.45, 7) is 4.65. The summed E-state index contributed by atoms with van der Waals surface area (Å²) < 4.78 is 0. The maximum atomic E-state index is 9.83. The van der Waals surface area contributed by atoms with Crippen LogP contribution in [0.1, 0.15) is 25.7 Å². The van der Waals surface area contributed by atoms with Gasteiger partial charge in [0.25, 0.3) is 0 Å². The van der Waals surface area contributed by atoms with Crippen LogP contribution >= 0.6 is 11.8 Å². The highest BCUT2D eigenvalue weighted by Crippen LogP contribution is 2.18. The molecule has 2 fully saturated rings. The molecule has 0 bridgehead atoms. The molecule has 0 aromatic heterocycles. The number of rotatable bonds is 4. The second kappa shape index (κ2) is 6.84. The van der Waals surface area contributed by atoms with Gasteiger partial charge in [0.05, 0.1) is 6.10 Å². The van der Waals surface area contributed by atoms with Crippen molar-refractivity contribution in [2.24, 2.45) is 0 Å². The Bertz CT molecular complexity index is 197. The molecule has 1 aliphatic heterocycles. The zero-order valence-corrected chi connectivity index (χ0v) is 10.8. The smallest absolute Gasteiger partial charge is 0.0693 e. The number of nitrogens with zero attached hydrogens (tertiary/aromatic N) is 1. The van der Waals surface area contributed by atoms with Gasteiger partial charge in [-0.15, -0.1) is 0 Å². The van der Waals surface area contributed by atoms with Crippen molar-refractivity contribution < 1.29 is 5.11 Å². The average molecular weight is 244 g/mol. The van der Waals surface area contributed by atoms with Crippen LogP contribution < -0.4 is 5.32 Å². The van der Waals surface area contributed by atoms with E-state index in [1.807, 2.05) is 0 Å². The molecule has 1 saturated carbocycles. The van der Waals surface area contributed by atoms with Crippen LogP contribution in [0, 0.1) is 0 Å². The Morgan fingerprint density at radius 2 is 1.94 bits per heavy atom. The summed E-state index contributed by atoms with van der Waals surface area (Å²) in [6, 6.07) is 0.355. The molecule has 16 heavy (non-hydrogen) atoms. The SMILES string of the molecule is O[C@@H]1CCCC[C@H]1NCCN1CCSCC1. The molecule has 0 amide bonds. The lowest BCUT2D eigenvalue weighted by molar-refractivity contribution is 0.0895. The molecule has 0 radical (unpaired) electrons. The molecule has 2 atom stereocenters. The van der Waals surface area contributed by atoms with Crippen LogP contribution in [-0.4, -0.2) is 59.8 Å². The third-order valence-corrected chi connectivity index (χ3v) is 4.61. The number of aliphatic hydroxyl groups excluding tert-OH is 1. The van der Waals surface area contributed by atoms with Gasteiger partial charge in [-0.2, -0.15) is 11.8 Å². The summed E-state index contributed by atoms with van der Waals surface area (Å²) in [7, 11) is 0. The monoisotopic (exact) mass is 244 g/mol. The molecule has 94 valence electrons.